The molecule has 0 bridgehead atoms. The van der Waals surface area contributed by atoms with Crippen LogP contribution in [0, 0.1) is 0 Å². The Labute approximate surface area is 308 Å². The van der Waals surface area contributed by atoms with Crippen molar-refractivity contribution in [3.8, 4) is 50.5 Å². The minimum absolute atomic E-state index is 0.00362. The molecule has 0 amide bonds. The van der Waals surface area contributed by atoms with E-state index in [-0.39, 0.29) is 70.7 Å². The molecular weight excluding hydrogens is 605 g/mol. The molecule has 50 heavy (non-hydrogen) atoms. The zero-order chi connectivity index (χ0) is 43.8. The second-order valence-corrected chi connectivity index (χ2v) is 13.0. The molecule has 0 saturated carbocycles. The van der Waals surface area contributed by atoms with Gasteiger partial charge in [-0.2, -0.15) is 0 Å². The topological polar surface area (TPSA) is 17.8 Å². The summed E-state index contributed by atoms with van der Waals surface area (Å²) < 4.78 is 108. The van der Waals surface area contributed by atoms with E-state index in [0.717, 1.165) is 32.7 Å². The third kappa shape index (κ3) is 4.18. The van der Waals surface area contributed by atoms with Crippen molar-refractivity contribution in [3.63, 3.8) is 0 Å². The molecule has 1 heterocycles. The summed E-state index contributed by atoms with van der Waals surface area (Å²) in [5, 5.41) is 3.14. The average Bonchev–Trinajstić information content (AvgIpc) is 3.77. The van der Waals surface area contributed by atoms with E-state index in [2.05, 4.69) is 0 Å². The lowest BCUT2D eigenvalue weighted by molar-refractivity contribution is 0.660. The van der Waals surface area contributed by atoms with Gasteiger partial charge in [-0.25, -0.2) is 4.98 Å². The van der Waals surface area contributed by atoms with E-state index in [1.807, 2.05) is 105 Å². The van der Waals surface area contributed by atoms with Crippen molar-refractivity contribution in [2.24, 2.45) is 0 Å². The van der Waals surface area contributed by atoms with Gasteiger partial charge in [-0.3, -0.25) is 4.57 Å². The summed E-state index contributed by atoms with van der Waals surface area (Å²) in [6.45, 7) is 3.62. The van der Waals surface area contributed by atoms with E-state index in [1.54, 1.807) is 10.6 Å². The highest BCUT2D eigenvalue weighted by atomic mass is 15.1. The molecule has 1 aliphatic rings. The molecular formula is C48H34N2. The Morgan fingerprint density at radius 2 is 1.08 bits per heavy atom. The number of benzene rings is 8. The summed E-state index contributed by atoms with van der Waals surface area (Å²) in [4.78, 5) is 4.90. The van der Waals surface area contributed by atoms with Crippen LogP contribution in [0.4, 0.5) is 0 Å². The number of hydrogen-bond donors (Lipinski definition) is 0. The maximum Gasteiger partial charge on any atom is 0.145 e. The van der Waals surface area contributed by atoms with Crippen molar-refractivity contribution in [1.29, 1.82) is 0 Å². The van der Waals surface area contributed by atoms with Crippen LogP contribution in [0.3, 0.4) is 0 Å². The van der Waals surface area contributed by atoms with Gasteiger partial charge < -0.3 is 0 Å². The molecule has 1 aromatic heterocycles. The molecule has 0 unspecified atom stereocenters. The number of aromatic nitrogens is 2. The Kier molecular flexibility index (Phi) is 4.15. The lowest BCUT2D eigenvalue weighted by Crippen LogP contribution is -2.14. The SMILES string of the molecule is [2H]c1c([2H])c([2H])c(-n2c(-c3ccc(-c4c5ccccc5c(-c5c([2H])c([2H])c6c(c5[2H])C(C)(C)c5c([2H])c([2H])c([2H])c([2H])c5-6)c5ccccc45)cc3)nc3ccccc32)c([2H])c1[2H]. The van der Waals surface area contributed by atoms with E-state index < -0.39 is 29.6 Å². The van der Waals surface area contributed by atoms with Crippen LogP contribution in [0.2, 0.25) is 0 Å². The van der Waals surface area contributed by atoms with Crippen LogP contribution in [0.15, 0.2) is 170 Å². The van der Waals surface area contributed by atoms with Crippen LogP contribution in [0.5, 0.6) is 0 Å². The molecule has 2 nitrogen and oxygen atoms in total. The van der Waals surface area contributed by atoms with Gasteiger partial charge >= 0.3 is 0 Å². The third-order valence-corrected chi connectivity index (χ3v) is 9.88. The number of imidazole rings is 1. The van der Waals surface area contributed by atoms with E-state index in [0.29, 0.717) is 39.1 Å². The minimum atomic E-state index is -1.08. The lowest BCUT2D eigenvalue weighted by atomic mass is 9.80. The second-order valence-electron chi connectivity index (χ2n) is 13.0. The van der Waals surface area contributed by atoms with Gasteiger partial charge in [-0.15, -0.1) is 0 Å². The number of rotatable bonds is 4. The van der Waals surface area contributed by atoms with Gasteiger partial charge in [0.15, 0.2) is 0 Å². The van der Waals surface area contributed by atoms with Gasteiger partial charge in [-0.1, -0.05) is 153 Å². The summed E-state index contributed by atoms with van der Waals surface area (Å²) in [7, 11) is 0. The molecule has 2 heteroatoms. The van der Waals surface area contributed by atoms with Crippen LogP contribution in [0.1, 0.15) is 41.4 Å². The number of para-hydroxylation sites is 3. The number of nitrogens with zero attached hydrogens (tertiary/aromatic N) is 2. The highest BCUT2D eigenvalue weighted by molar-refractivity contribution is 6.21. The molecule has 0 N–H and O–H groups in total. The van der Waals surface area contributed by atoms with E-state index in [1.165, 1.54) is 0 Å². The molecule has 8 aromatic carbocycles. The predicted molar refractivity (Wildman–Crippen MR) is 210 cm³/mol. The Balaban J connectivity index is 1.20. The van der Waals surface area contributed by atoms with Crippen LogP contribution >= 0.6 is 0 Å². The first-order valence-electron chi connectivity index (χ1n) is 22.4. The second kappa shape index (κ2) is 10.9. The highest BCUT2D eigenvalue weighted by Crippen LogP contribution is 2.51. The smallest absolute Gasteiger partial charge is 0.145 e. The molecule has 236 valence electrons. The highest BCUT2D eigenvalue weighted by Gasteiger charge is 2.35. The Hall–Kier alpha value is -6.25. The fourth-order valence-corrected chi connectivity index (χ4v) is 7.58. The summed E-state index contributed by atoms with van der Waals surface area (Å²) in [5.74, 6) is 0.396. The van der Waals surface area contributed by atoms with Crippen molar-refractivity contribution in [3.05, 3.63) is 181 Å². The zero-order valence-corrected chi connectivity index (χ0v) is 27.1. The first-order valence-corrected chi connectivity index (χ1v) is 16.4. The van der Waals surface area contributed by atoms with Gasteiger partial charge in [-0.05, 0) is 96.3 Å². The monoisotopic (exact) mass is 650 g/mol. The van der Waals surface area contributed by atoms with Gasteiger partial charge in [0.1, 0.15) is 5.82 Å². The molecule has 0 saturated heterocycles. The Morgan fingerprint density at radius 1 is 0.520 bits per heavy atom. The van der Waals surface area contributed by atoms with Crippen molar-refractivity contribution >= 4 is 32.6 Å². The predicted octanol–water partition coefficient (Wildman–Crippen LogP) is 12.6. The largest absolute Gasteiger partial charge is 0.292 e. The van der Waals surface area contributed by atoms with E-state index >= 15 is 0 Å². The normalized spacial score (nSPS) is 16.5. The standard InChI is InChI=1S/C48H34N2/c1-48(2)41-21-11-10-16-35(41)36-29-28-33(30-42(36)48)46-39-19-8-6-17-37(39)45(38-18-7-9-20-40(38)46)31-24-26-32(27-25-31)47-49-43-22-12-13-23-44(43)50(47)34-14-4-3-5-15-34/h3-30H,1-2H3/i3D,4D,5D,10D,11D,14D,15D,16D,21D,28D,29D,30D. The van der Waals surface area contributed by atoms with Gasteiger partial charge in [0, 0.05) is 16.7 Å². The van der Waals surface area contributed by atoms with Crippen LogP contribution in [-0.4, -0.2) is 9.55 Å². The molecule has 1 aliphatic carbocycles. The molecule has 0 aliphatic heterocycles. The summed E-state index contributed by atoms with van der Waals surface area (Å²) in [6.07, 6.45) is 0. The zero-order valence-electron chi connectivity index (χ0n) is 39.1. The maximum atomic E-state index is 9.85. The van der Waals surface area contributed by atoms with Crippen LogP contribution < -0.4 is 0 Å². The third-order valence-electron chi connectivity index (χ3n) is 9.88. The van der Waals surface area contributed by atoms with Crippen LogP contribution in [-0.2, 0) is 5.41 Å². The Morgan fingerprint density at radius 3 is 1.78 bits per heavy atom. The molecule has 0 spiro atoms. The van der Waals surface area contributed by atoms with Crippen molar-refractivity contribution < 1.29 is 16.4 Å². The van der Waals surface area contributed by atoms with E-state index in [9.17, 15) is 4.11 Å². The van der Waals surface area contributed by atoms with Crippen molar-refractivity contribution in [2.75, 3.05) is 0 Å². The van der Waals surface area contributed by atoms with Gasteiger partial charge in [0.05, 0.1) is 27.5 Å². The van der Waals surface area contributed by atoms with Crippen molar-refractivity contribution in [2.45, 2.75) is 19.3 Å². The van der Waals surface area contributed by atoms with Crippen molar-refractivity contribution in [1.82, 2.24) is 9.55 Å². The number of hydrogen-bond acceptors (Lipinski definition) is 1. The lowest BCUT2D eigenvalue weighted by Gasteiger charge is -2.23. The minimum Gasteiger partial charge on any atom is -0.292 e. The maximum absolute atomic E-state index is 9.85. The molecule has 9 aromatic rings. The molecule has 0 fully saturated rings. The average molecular weight is 651 g/mol. The molecule has 0 radical (unpaired) electrons. The summed E-state index contributed by atoms with van der Waals surface area (Å²) in [6, 6.07) is 26.6. The van der Waals surface area contributed by atoms with Gasteiger partial charge in [0.25, 0.3) is 0 Å². The number of fused-ring (bicyclic) bond motifs is 6. The molecule has 10 rings (SSSR count). The fraction of sp³-hybridized carbons (Fsp3) is 0.0625. The fourth-order valence-electron chi connectivity index (χ4n) is 7.58. The quantitative estimate of drug-likeness (QED) is 0.173. The molecule has 0 atom stereocenters. The Bertz CT molecular complexity index is 3380. The summed E-state index contributed by atoms with van der Waals surface area (Å²) >= 11 is 0. The van der Waals surface area contributed by atoms with E-state index in [4.69, 9.17) is 17.3 Å². The van der Waals surface area contributed by atoms with Crippen LogP contribution in [0.25, 0.3) is 83.0 Å². The summed E-state index contributed by atoms with van der Waals surface area (Å²) in [5.41, 5.74) is 4.36. The first-order chi connectivity index (χ1) is 29.6. The first kappa shape index (κ1) is 19.1. The van der Waals surface area contributed by atoms with Gasteiger partial charge in [0.2, 0.25) is 0 Å².